The van der Waals surface area contributed by atoms with Crippen molar-refractivity contribution in [3.05, 3.63) is 126 Å². The highest BCUT2D eigenvalue weighted by molar-refractivity contribution is 5.99. The van der Waals surface area contributed by atoms with Gasteiger partial charge in [-0.2, -0.15) is 26.3 Å². The van der Waals surface area contributed by atoms with E-state index >= 15 is 0 Å². The molecule has 4 N–H and O–H groups in total. The predicted octanol–water partition coefficient (Wildman–Crippen LogP) is 8.93. The molecule has 58 heavy (non-hydrogen) atoms. The van der Waals surface area contributed by atoms with Crippen LogP contribution >= 0.6 is 0 Å². The van der Waals surface area contributed by atoms with Crippen molar-refractivity contribution in [1.82, 2.24) is 24.8 Å². The summed E-state index contributed by atoms with van der Waals surface area (Å²) in [6.07, 6.45) is 0.230. The second kappa shape index (κ2) is 20.4. The summed E-state index contributed by atoms with van der Waals surface area (Å²) in [7, 11) is 0. The molecule has 0 spiro atoms. The number of halogens is 6. The van der Waals surface area contributed by atoms with Crippen LogP contribution in [0.15, 0.2) is 104 Å². The van der Waals surface area contributed by atoms with Crippen molar-refractivity contribution in [3.8, 4) is 17.6 Å². The van der Waals surface area contributed by atoms with Crippen LogP contribution in [-0.2, 0) is 12.4 Å². The van der Waals surface area contributed by atoms with E-state index in [1.165, 1.54) is 32.4 Å². The van der Waals surface area contributed by atoms with Gasteiger partial charge in [0.2, 0.25) is 5.95 Å². The number of amides is 3. The maximum atomic E-state index is 12.9. The third kappa shape index (κ3) is 14.4. The molecule has 0 bridgehead atoms. The minimum absolute atomic E-state index is 0.215. The zero-order valence-corrected chi connectivity index (χ0v) is 30.7. The number of piperidine rings is 1. The van der Waals surface area contributed by atoms with Crippen LogP contribution in [0.3, 0.4) is 0 Å². The molecule has 1 aliphatic rings. The molecule has 4 heterocycles. The first kappa shape index (κ1) is 42.4. The molecule has 1 aliphatic heterocycles. The quantitative estimate of drug-likeness (QED) is 0.0652. The number of hydrogen-bond acceptors (Lipinski definition) is 9. The van der Waals surface area contributed by atoms with E-state index in [4.69, 9.17) is 4.74 Å². The molecule has 3 aromatic heterocycles. The van der Waals surface area contributed by atoms with Crippen LogP contribution in [0.4, 0.5) is 59.2 Å². The molecule has 5 aromatic rings. The Bertz CT molecular complexity index is 2170. The number of ether oxygens (including phenoxy) is 1. The number of carbonyl (C=O) groups is 2. The fraction of sp³-hybridized carbons (Fsp3) is 0.250. The minimum Gasteiger partial charge on any atom is -0.410 e. The Kier molecular flexibility index (Phi) is 14.9. The van der Waals surface area contributed by atoms with Crippen LogP contribution in [0, 0.1) is 11.8 Å². The topological polar surface area (TPSA) is 146 Å². The number of alkyl halides is 6. The molecule has 1 saturated heterocycles. The molecule has 6 rings (SSSR count). The molecular weight excluding hydrogens is 768 g/mol. The molecule has 0 aliphatic carbocycles. The van der Waals surface area contributed by atoms with Crippen LogP contribution in [0.2, 0.25) is 0 Å². The van der Waals surface area contributed by atoms with E-state index in [0.29, 0.717) is 22.8 Å². The molecular formula is C40H37F6N9O3. The first-order chi connectivity index (χ1) is 27.8. The minimum atomic E-state index is -4.53. The molecule has 1 fully saturated rings. The van der Waals surface area contributed by atoms with Crippen molar-refractivity contribution in [2.45, 2.75) is 38.0 Å². The highest BCUT2D eigenvalue weighted by Crippen LogP contribution is 2.31. The second-order valence-electron chi connectivity index (χ2n) is 12.6. The summed E-state index contributed by atoms with van der Waals surface area (Å²) in [6, 6.07) is 17.3. The number of pyridine rings is 2. The molecule has 0 unspecified atom stereocenters. The maximum absolute atomic E-state index is 12.9. The fourth-order valence-corrected chi connectivity index (χ4v) is 5.34. The van der Waals surface area contributed by atoms with Crippen molar-refractivity contribution in [2.24, 2.45) is 0 Å². The standard InChI is InChI=1S/C27H28F3N7O.C13H9F3N2O2/c28-27(29,30)22-10-12-31-24(17-22)36-26(38)35-23-7-4-6-20(16-23)8-9-21-18-33-25(34-19-21)32-11-5-15-37-13-2-1-3-14-37;14-13(15,16)9-6-7-17-11(8-9)18-12(19)20-10-4-2-1-3-5-10/h4,6-7,10,12,16-19H,1-3,5,11,13-15H2,(H,32,33,34)(H2,31,35,36,38);1-8H,(H,17,18,19). The van der Waals surface area contributed by atoms with Crippen molar-refractivity contribution in [2.75, 3.05) is 47.4 Å². The van der Waals surface area contributed by atoms with Crippen LogP contribution in [0.5, 0.6) is 5.75 Å². The van der Waals surface area contributed by atoms with Gasteiger partial charge in [0.1, 0.15) is 17.4 Å². The van der Waals surface area contributed by atoms with Crippen LogP contribution in [0.25, 0.3) is 0 Å². The smallest absolute Gasteiger partial charge is 0.410 e. The van der Waals surface area contributed by atoms with E-state index in [0.717, 1.165) is 56.2 Å². The molecule has 2 aromatic carbocycles. The van der Waals surface area contributed by atoms with Gasteiger partial charge in [0.05, 0.1) is 16.7 Å². The van der Waals surface area contributed by atoms with Gasteiger partial charge in [-0.3, -0.25) is 10.6 Å². The Hall–Kier alpha value is -6.74. The first-order valence-corrected chi connectivity index (χ1v) is 17.9. The van der Waals surface area contributed by atoms with Gasteiger partial charge in [0, 0.05) is 42.6 Å². The SMILES string of the molecule is O=C(Nc1cc(C(F)(F)F)ccn1)Oc1ccccc1.O=C(Nc1cccc(C#Cc2cnc(NCCCN3CCCCC3)nc2)c1)Nc1cc(C(F)(F)F)ccn1. The Morgan fingerprint density at radius 3 is 1.95 bits per heavy atom. The zero-order valence-electron chi connectivity index (χ0n) is 30.7. The van der Waals surface area contributed by atoms with Crippen molar-refractivity contribution >= 4 is 35.4 Å². The summed E-state index contributed by atoms with van der Waals surface area (Å²) in [5.74, 6) is 6.36. The lowest BCUT2D eigenvalue weighted by atomic mass is 10.1. The van der Waals surface area contributed by atoms with Crippen LogP contribution in [0.1, 0.15) is 47.9 Å². The Labute approximate surface area is 329 Å². The number of hydrogen-bond donors (Lipinski definition) is 4. The number of nitrogens with zero attached hydrogens (tertiary/aromatic N) is 5. The van der Waals surface area contributed by atoms with Gasteiger partial charge in [-0.25, -0.2) is 29.5 Å². The molecule has 0 radical (unpaired) electrons. The largest absolute Gasteiger partial charge is 0.418 e. The van der Waals surface area contributed by atoms with Crippen molar-refractivity contribution in [1.29, 1.82) is 0 Å². The summed E-state index contributed by atoms with van der Waals surface area (Å²) < 4.78 is 80.9. The van der Waals surface area contributed by atoms with Crippen molar-refractivity contribution in [3.63, 3.8) is 0 Å². The van der Waals surface area contributed by atoms with Crippen LogP contribution < -0.4 is 26.0 Å². The van der Waals surface area contributed by atoms with E-state index in [1.807, 2.05) is 0 Å². The second-order valence-corrected chi connectivity index (χ2v) is 12.6. The molecule has 0 saturated carbocycles. The van der Waals surface area contributed by atoms with E-state index in [2.05, 4.69) is 57.9 Å². The lowest BCUT2D eigenvalue weighted by molar-refractivity contribution is -0.138. The number of carbonyl (C=O) groups excluding carboxylic acids is 2. The average molecular weight is 806 g/mol. The van der Waals surface area contributed by atoms with E-state index in [9.17, 15) is 35.9 Å². The Balaban J connectivity index is 0.000000269. The monoisotopic (exact) mass is 805 g/mol. The number of rotatable bonds is 9. The number of benzene rings is 2. The fourth-order valence-electron chi connectivity index (χ4n) is 5.34. The number of aromatic nitrogens is 4. The summed E-state index contributed by atoms with van der Waals surface area (Å²) in [5.41, 5.74) is -0.125. The Morgan fingerprint density at radius 1 is 0.690 bits per heavy atom. The Morgan fingerprint density at radius 2 is 1.31 bits per heavy atom. The molecule has 18 heteroatoms. The third-order valence-corrected chi connectivity index (χ3v) is 8.11. The molecule has 12 nitrogen and oxygen atoms in total. The van der Waals surface area contributed by atoms with Gasteiger partial charge in [-0.15, -0.1) is 0 Å². The highest BCUT2D eigenvalue weighted by atomic mass is 19.4. The zero-order chi connectivity index (χ0) is 41.4. The van der Waals surface area contributed by atoms with Gasteiger partial charge >= 0.3 is 24.5 Å². The van der Waals surface area contributed by atoms with E-state index in [-0.39, 0.29) is 17.4 Å². The maximum Gasteiger partial charge on any atom is 0.418 e. The summed E-state index contributed by atoms with van der Waals surface area (Å²) >= 11 is 0. The molecule has 0 atom stereocenters. The number of urea groups is 1. The third-order valence-electron chi connectivity index (χ3n) is 8.11. The van der Waals surface area contributed by atoms with Crippen molar-refractivity contribution < 1.29 is 40.7 Å². The van der Waals surface area contributed by atoms with Crippen LogP contribution in [-0.4, -0.2) is 63.1 Å². The van der Waals surface area contributed by atoms with Gasteiger partial charge < -0.3 is 20.3 Å². The van der Waals surface area contributed by atoms with Gasteiger partial charge in [0.15, 0.2) is 0 Å². The van der Waals surface area contributed by atoms with Gasteiger partial charge in [0.25, 0.3) is 0 Å². The predicted molar refractivity (Wildman–Crippen MR) is 205 cm³/mol. The summed E-state index contributed by atoms with van der Waals surface area (Å²) in [4.78, 5) is 42.2. The number of para-hydroxylation sites is 1. The van der Waals surface area contributed by atoms with Gasteiger partial charge in [-0.05, 0) is 93.5 Å². The first-order valence-electron chi connectivity index (χ1n) is 17.9. The number of nitrogens with one attached hydrogen (secondary N) is 4. The average Bonchev–Trinajstić information content (AvgIpc) is 3.20. The lowest BCUT2D eigenvalue weighted by Gasteiger charge is -2.26. The summed E-state index contributed by atoms with van der Waals surface area (Å²) in [5, 5.41) is 10.2. The summed E-state index contributed by atoms with van der Waals surface area (Å²) in [6.45, 7) is 4.26. The lowest BCUT2D eigenvalue weighted by Crippen LogP contribution is -2.31. The van der Waals surface area contributed by atoms with E-state index < -0.39 is 35.6 Å². The molecule has 302 valence electrons. The number of anilines is 4. The number of likely N-dealkylation sites (tertiary alicyclic amines) is 1. The van der Waals surface area contributed by atoms with Gasteiger partial charge in [-0.1, -0.05) is 42.5 Å². The highest BCUT2D eigenvalue weighted by Gasteiger charge is 2.31. The normalized spacial score (nSPS) is 12.8. The molecule has 3 amide bonds. The van der Waals surface area contributed by atoms with E-state index in [1.54, 1.807) is 67.0 Å².